The predicted octanol–water partition coefficient (Wildman–Crippen LogP) is 5.15. The van der Waals surface area contributed by atoms with Crippen LogP contribution in [0.3, 0.4) is 0 Å². The van der Waals surface area contributed by atoms with Crippen molar-refractivity contribution in [3.8, 4) is 0 Å². The maximum atomic E-state index is 3.70. The van der Waals surface area contributed by atoms with Crippen molar-refractivity contribution in [1.29, 1.82) is 0 Å². The van der Waals surface area contributed by atoms with E-state index in [4.69, 9.17) is 0 Å². The molecule has 0 saturated heterocycles. The molecule has 1 nitrogen and oxygen atoms in total. The quantitative estimate of drug-likeness (QED) is 0.466. The standard InChI is InChI=1S/C16H35N/c1-5-7-13-16(6-2)17-14-11-9-8-10-12-15(3)4/h15-17H,5-14H2,1-4H3. The predicted molar refractivity (Wildman–Crippen MR) is 79.5 cm³/mol. The highest BCUT2D eigenvalue weighted by Gasteiger charge is 2.03. The van der Waals surface area contributed by atoms with Crippen LogP contribution in [0.5, 0.6) is 0 Å². The molecule has 0 aliphatic heterocycles. The van der Waals surface area contributed by atoms with Crippen molar-refractivity contribution in [2.45, 2.75) is 91.5 Å². The van der Waals surface area contributed by atoms with Gasteiger partial charge in [-0.3, -0.25) is 0 Å². The van der Waals surface area contributed by atoms with Crippen LogP contribution in [0.2, 0.25) is 0 Å². The van der Waals surface area contributed by atoms with Gasteiger partial charge in [0.05, 0.1) is 0 Å². The lowest BCUT2D eigenvalue weighted by atomic mass is 10.0. The molecule has 0 heterocycles. The summed E-state index contributed by atoms with van der Waals surface area (Å²) in [6, 6.07) is 0.769. The molecule has 104 valence electrons. The van der Waals surface area contributed by atoms with Gasteiger partial charge >= 0.3 is 0 Å². The van der Waals surface area contributed by atoms with Gasteiger partial charge in [0.2, 0.25) is 0 Å². The number of rotatable bonds is 12. The fraction of sp³-hybridized carbons (Fsp3) is 1.00. The first kappa shape index (κ1) is 17.0. The van der Waals surface area contributed by atoms with Crippen LogP contribution in [0.25, 0.3) is 0 Å². The third-order valence-electron chi connectivity index (χ3n) is 3.54. The van der Waals surface area contributed by atoms with E-state index in [0.717, 1.165) is 12.0 Å². The third-order valence-corrected chi connectivity index (χ3v) is 3.54. The summed E-state index contributed by atoms with van der Waals surface area (Å²) in [4.78, 5) is 0. The molecule has 1 unspecified atom stereocenters. The second-order valence-electron chi connectivity index (χ2n) is 5.80. The van der Waals surface area contributed by atoms with Gasteiger partial charge in [0, 0.05) is 6.04 Å². The summed E-state index contributed by atoms with van der Waals surface area (Å²) in [6.07, 6.45) is 12.4. The number of hydrogen-bond donors (Lipinski definition) is 1. The summed E-state index contributed by atoms with van der Waals surface area (Å²) in [5.41, 5.74) is 0. The van der Waals surface area contributed by atoms with Crippen LogP contribution in [-0.2, 0) is 0 Å². The monoisotopic (exact) mass is 241 g/mol. The van der Waals surface area contributed by atoms with Crippen molar-refractivity contribution in [2.75, 3.05) is 6.54 Å². The van der Waals surface area contributed by atoms with Crippen molar-refractivity contribution < 1.29 is 0 Å². The van der Waals surface area contributed by atoms with Gasteiger partial charge in [-0.25, -0.2) is 0 Å². The van der Waals surface area contributed by atoms with E-state index in [1.807, 2.05) is 0 Å². The lowest BCUT2D eigenvalue weighted by Gasteiger charge is -2.16. The molecular formula is C16H35N. The van der Waals surface area contributed by atoms with Crippen LogP contribution in [0.1, 0.15) is 85.5 Å². The molecule has 17 heavy (non-hydrogen) atoms. The van der Waals surface area contributed by atoms with Gasteiger partial charge in [-0.15, -0.1) is 0 Å². The summed E-state index contributed by atoms with van der Waals surface area (Å²) < 4.78 is 0. The van der Waals surface area contributed by atoms with Crippen LogP contribution >= 0.6 is 0 Å². The number of nitrogens with one attached hydrogen (secondary N) is 1. The molecule has 0 aliphatic carbocycles. The first-order valence-corrected chi connectivity index (χ1v) is 7.94. The summed E-state index contributed by atoms with van der Waals surface area (Å²) in [5.74, 6) is 0.881. The molecule has 0 saturated carbocycles. The number of unbranched alkanes of at least 4 members (excludes halogenated alkanes) is 4. The minimum atomic E-state index is 0.769. The first-order chi connectivity index (χ1) is 8.20. The summed E-state index contributed by atoms with van der Waals surface area (Å²) in [5, 5.41) is 3.70. The Balaban J connectivity index is 3.24. The minimum Gasteiger partial charge on any atom is -0.314 e. The zero-order chi connectivity index (χ0) is 12.9. The molecule has 1 atom stereocenters. The lowest BCUT2D eigenvalue weighted by Crippen LogP contribution is -2.29. The molecule has 0 aromatic rings. The molecule has 0 aromatic heterocycles. The van der Waals surface area contributed by atoms with Crippen LogP contribution in [-0.4, -0.2) is 12.6 Å². The second kappa shape index (κ2) is 12.4. The van der Waals surface area contributed by atoms with Gasteiger partial charge in [0.15, 0.2) is 0 Å². The van der Waals surface area contributed by atoms with Crippen molar-refractivity contribution in [2.24, 2.45) is 5.92 Å². The van der Waals surface area contributed by atoms with E-state index in [1.165, 1.54) is 64.3 Å². The lowest BCUT2D eigenvalue weighted by molar-refractivity contribution is 0.439. The van der Waals surface area contributed by atoms with Gasteiger partial charge in [0.1, 0.15) is 0 Å². The molecular weight excluding hydrogens is 206 g/mol. The molecule has 0 bridgehead atoms. The smallest absolute Gasteiger partial charge is 0.00644 e. The van der Waals surface area contributed by atoms with Gasteiger partial charge in [-0.1, -0.05) is 66.2 Å². The van der Waals surface area contributed by atoms with Crippen LogP contribution in [0.4, 0.5) is 0 Å². The fourth-order valence-electron chi connectivity index (χ4n) is 2.24. The largest absolute Gasteiger partial charge is 0.314 e. The normalized spacial score (nSPS) is 13.2. The van der Waals surface area contributed by atoms with Gasteiger partial charge in [-0.2, -0.15) is 0 Å². The van der Waals surface area contributed by atoms with Gasteiger partial charge < -0.3 is 5.32 Å². The second-order valence-corrected chi connectivity index (χ2v) is 5.80. The zero-order valence-corrected chi connectivity index (χ0v) is 12.7. The van der Waals surface area contributed by atoms with Crippen molar-refractivity contribution in [1.82, 2.24) is 5.32 Å². The molecule has 0 aromatic carbocycles. The van der Waals surface area contributed by atoms with E-state index in [0.29, 0.717) is 0 Å². The van der Waals surface area contributed by atoms with E-state index in [2.05, 4.69) is 33.0 Å². The zero-order valence-electron chi connectivity index (χ0n) is 12.7. The minimum absolute atomic E-state index is 0.769. The molecule has 1 heteroatoms. The molecule has 0 aliphatic rings. The van der Waals surface area contributed by atoms with E-state index in [-0.39, 0.29) is 0 Å². The average Bonchev–Trinajstić information content (AvgIpc) is 2.31. The van der Waals surface area contributed by atoms with Gasteiger partial charge in [-0.05, 0) is 31.7 Å². The Morgan fingerprint density at radius 2 is 1.53 bits per heavy atom. The highest BCUT2D eigenvalue weighted by atomic mass is 14.9. The average molecular weight is 241 g/mol. The van der Waals surface area contributed by atoms with Crippen LogP contribution < -0.4 is 5.32 Å². The Labute approximate surface area is 110 Å². The Morgan fingerprint density at radius 1 is 0.824 bits per heavy atom. The topological polar surface area (TPSA) is 12.0 Å². The highest BCUT2D eigenvalue weighted by molar-refractivity contribution is 4.64. The van der Waals surface area contributed by atoms with E-state index in [9.17, 15) is 0 Å². The van der Waals surface area contributed by atoms with Crippen LogP contribution in [0.15, 0.2) is 0 Å². The first-order valence-electron chi connectivity index (χ1n) is 7.94. The van der Waals surface area contributed by atoms with Crippen LogP contribution in [0, 0.1) is 5.92 Å². The molecule has 0 rings (SSSR count). The Hall–Kier alpha value is -0.0400. The fourth-order valence-corrected chi connectivity index (χ4v) is 2.24. The highest BCUT2D eigenvalue weighted by Crippen LogP contribution is 2.09. The molecule has 1 N–H and O–H groups in total. The van der Waals surface area contributed by atoms with Crippen molar-refractivity contribution in [3.63, 3.8) is 0 Å². The Morgan fingerprint density at radius 3 is 2.12 bits per heavy atom. The number of hydrogen-bond acceptors (Lipinski definition) is 1. The Kier molecular flexibility index (Phi) is 12.4. The molecule has 0 fully saturated rings. The molecule has 0 spiro atoms. The summed E-state index contributed by atoms with van der Waals surface area (Å²) in [6.45, 7) is 10.4. The SMILES string of the molecule is CCCCC(CC)NCCCCCCC(C)C. The van der Waals surface area contributed by atoms with Crippen molar-refractivity contribution >= 4 is 0 Å². The van der Waals surface area contributed by atoms with E-state index in [1.54, 1.807) is 0 Å². The van der Waals surface area contributed by atoms with E-state index >= 15 is 0 Å². The molecule has 0 amide bonds. The maximum absolute atomic E-state index is 3.70. The third kappa shape index (κ3) is 12.2. The van der Waals surface area contributed by atoms with E-state index < -0.39 is 0 Å². The molecule has 0 radical (unpaired) electrons. The summed E-state index contributed by atoms with van der Waals surface area (Å²) in [7, 11) is 0. The Bertz CT molecular complexity index is 142. The maximum Gasteiger partial charge on any atom is 0.00644 e. The van der Waals surface area contributed by atoms with Gasteiger partial charge in [0.25, 0.3) is 0 Å². The van der Waals surface area contributed by atoms with Crippen molar-refractivity contribution in [3.05, 3.63) is 0 Å². The summed E-state index contributed by atoms with van der Waals surface area (Å²) >= 11 is 0.